The number of halogens is 1. The third kappa shape index (κ3) is 3.64. The molecule has 9 heteroatoms. The monoisotopic (exact) mass is 478 g/mol. The van der Waals surface area contributed by atoms with Crippen molar-refractivity contribution in [1.82, 2.24) is 15.1 Å². The van der Waals surface area contributed by atoms with Crippen LogP contribution in [0.1, 0.15) is 10.4 Å². The summed E-state index contributed by atoms with van der Waals surface area (Å²) in [6.45, 7) is 0.185. The molecule has 4 aromatic rings. The first-order valence-corrected chi connectivity index (χ1v) is 10.1. The molecule has 0 fully saturated rings. The number of nitrogens with zero attached hydrogens (tertiary/aromatic N) is 4. The Labute approximate surface area is 185 Å². The molecule has 0 atom stereocenters. The average Bonchev–Trinajstić information content (AvgIpc) is 3.47. The van der Waals surface area contributed by atoms with E-state index in [-0.39, 0.29) is 12.7 Å². The molecular formula is C22H15BrN4O4. The molecule has 1 amide bonds. The van der Waals surface area contributed by atoms with E-state index in [2.05, 4.69) is 31.1 Å². The number of fused-ring (bicyclic) bond motifs is 1. The Bertz CT molecular complexity index is 1260. The second-order valence-electron chi connectivity index (χ2n) is 6.76. The molecule has 2 aromatic carbocycles. The fourth-order valence-electron chi connectivity index (χ4n) is 3.17. The molecule has 1 aliphatic rings. The second kappa shape index (κ2) is 7.84. The minimum atomic E-state index is -0.121. The second-order valence-corrected chi connectivity index (χ2v) is 7.61. The van der Waals surface area contributed by atoms with Crippen LogP contribution in [0.4, 0.5) is 5.69 Å². The van der Waals surface area contributed by atoms with Gasteiger partial charge in [0.05, 0.1) is 5.56 Å². The minimum absolute atomic E-state index is 0.121. The Morgan fingerprint density at radius 1 is 1.03 bits per heavy atom. The van der Waals surface area contributed by atoms with Gasteiger partial charge in [-0.3, -0.25) is 9.78 Å². The van der Waals surface area contributed by atoms with Crippen LogP contribution in [0.15, 0.2) is 69.9 Å². The number of rotatable bonds is 4. The van der Waals surface area contributed by atoms with Gasteiger partial charge in [0.15, 0.2) is 11.5 Å². The van der Waals surface area contributed by atoms with Crippen LogP contribution >= 0.6 is 15.9 Å². The number of amides is 1. The summed E-state index contributed by atoms with van der Waals surface area (Å²) in [7, 11) is 1.72. The Morgan fingerprint density at radius 2 is 1.74 bits per heavy atom. The van der Waals surface area contributed by atoms with Gasteiger partial charge in [0.2, 0.25) is 12.6 Å². The van der Waals surface area contributed by atoms with Gasteiger partial charge in [-0.1, -0.05) is 5.16 Å². The summed E-state index contributed by atoms with van der Waals surface area (Å²) in [6.07, 6.45) is 3.19. The van der Waals surface area contributed by atoms with Gasteiger partial charge in [0.1, 0.15) is 0 Å². The molecule has 31 heavy (non-hydrogen) atoms. The number of hydrogen-bond donors (Lipinski definition) is 0. The van der Waals surface area contributed by atoms with Crippen LogP contribution in [0.5, 0.6) is 11.5 Å². The van der Waals surface area contributed by atoms with E-state index >= 15 is 0 Å². The molecule has 1 aliphatic heterocycles. The smallest absolute Gasteiger partial charge is 0.259 e. The topological polar surface area (TPSA) is 90.6 Å². The quantitative estimate of drug-likeness (QED) is 0.424. The van der Waals surface area contributed by atoms with Crippen molar-refractivity contribution in [3.63, 3.8) is 0 Å². The van der Waals surface area contributed by atoms with Crippen molar-refractivity contribution in [3.8, 4) is 34.3 Å². The first kappa shape index (κ1) is 19.3. The number of aromatic nitrogens is 3. The van der Waals surface area contributed by atoms with Gasteiger partial charge in [0, 0.05) is 40.7 Å². The molecule has 0 bridgehead atoms. The van der Waals surface area contributed by atoms with E-state index in [1.807, 2.05) is 30.3 Å². The van der Waals surface area contributed by atoms with Crippen LogP contribution in [0.3, 0.4) is 0 Å². The van der Waals surface area contributed by atoms with Gasteiger partial charge in [-0.15, -0.1) is 0 Å². The van der Waals surface area contributed by atoms with Crippen molar-refractivity contribution >= 4 is 27.5 Å². The predicted octanol–water partition coefficient (Wildman–Crippen LogP) is 4.57. The highest BCUT2D eigenvalue weighted by molar-refractivity contribution is 9.10. The summed E-state index contributed by atoms with van der Waals surface area (Å²) < 4.78 is 17.0. The Morgan fingerprint density at radius 3 is 2.48 bits per heavy atom. The maximum atomic E-state index is 12.6. The summed E-state index contributed by atoms with van der Waals surface area (Å²) >= 11 is 3.51. The molecule has 0 unspecified atom stereocenters. The van der Waals surface area contributed by atoms with E-state index in [9.17, 15) is 4.79 Å². The van der Waals surface area contributed by atoms with E-state index in [0.717, 1.165) is 15.7 Å². The van der Waals surface area contributed by atoms with Gasteiger partial charge >= 0.3 is 0 Å². The van der Waals surface area contributed by atoms with Crippen LogP contribution in [-0.2, 0) is 0 Å². The molecule has 0 saturated heterocycles. The van der Waals surface area contributed by atoms with Crippen LogP contribution in [0, 0.1) is 0 Å². The standard InChI is InChI=1S/C22H15BrN4O4/c1-27(22(28)14-6-8-24-9-7-14)15-4-2-13(3-5-15)20-25-21(31-26-20)16-10-18-19(11-17(16)23)30-12-29-18/h2-11H,12H2,1H3. The number of carbonyl (C=O) groups excluding carboxylic acids is 1. The zero-order chi connectivity index (χ0) is 21.4. The minimum Gasteiger partial charge on any atom is -0.454 e. The normalized spacial score (nSPS) is 12.1. The van der Waals surface area contributed by atoms with Gasteiger partial charge in [-0.2, -0.15) is 4.98 Å². The zero-order valence-corrected chi connectivity index (χ0v) is 17.9. The highest BCUT2D eigenvalue weighted by atomic mass is 79.9. The van der Waals surface area contributed by atoms with E-state index in [1.54, 1.807) is 42.5 Å². The van der Waals surface area contributed by atoms with Crippen molar-refractivity contribution in [1.29, 1.82) is 0 Å². The lowest BCUT2D eigenvalue weighted by atomic mass is 10.1. The summed E-state index contributed by atoms with van der Waals surface area (Å²) in [5.41, 5.74) is 2.79. The Balaban J connectivity index is 1.38. The first-order valence-electron chi connectivity index (χ1n) is 9.32. The van der Waals surface area contributed by atoms with Crippen LogP contribution < -0.4 is 14.4 Å². The third-order valence-corrected chi connectivity index (χ3v) is 5.52. The molecular weight excluding hydrogens is 464 g/mol. The Kier molecular flexibility index (Phi) is 4.87. The molecule has 3 heterocycles. The number of anilines is 1. The molecule has 0 saturated carbocycles. The third-order valence-electron chi connectivity index (χ3n) is 4.86. The van der Waals surface area contributed by atoms with Crippen molar-refractivity contribution in [2.24, 2.45) is 0 Å². The highest BCUT2D eigenvalue weighted by Gasteiger charge is 2.21. The maximum Gasteiger partial charge on any atom is 0.259 e. The summed E-state index contributed by atoms with van der Waals surface area (Å²) in [6, 6.07) is 14.3. The molecule has 2 aromatic heterocycles. The van der Waals surface area contributed by atoms with E-state index in [4.69, 9.17) is 14.0 Å². The maximum absolute atomic E-state index is 12.6. The van der Waals surface area contributed by atoms with Crippen molar-refractivity contribution < 1.29 is 18.8 Å². The van der Waals surface area contributed by atoms with Crippen molar-refractivity contribution in [2.45, 2.75) is 0 Å². The van der Waals surface area contributed by atoms with Crippen LogP contribution in [-0.4, -0.2) is 34.9 Å². The lowest BCUT2D eigenvalue weighted by Crippen LogP contribution is -2.26. The predicted molar refractivity (Wildman–Crippen MR) is 116 cm³/mol. The van der Waals surface area contributed by atoms with Gasteiger partial charge in [0.25, 0.3) is 11.8 Å². The fraction of sp³-hybridized carbons (Fsp3) is 0.0909. The Hall–Kier alpha value is -3.72. The highest BCUT2D eigenvalue weighted by Crippen LogP contribution is 2.41. The average molecular weight is 479 g/mol. The number of pyridine rings is 1. The molecule has 154 valence electrons. The molecule has 0 aliphatic carbocycles. The molecule has 0 N–H and O–H groups in total. The summed E-state index contributed by atoms with van der Waals surface area (Å²) in [4.78, 5) is 22.6. The van der Waals surface area contributed by atoms with Gasteiger partial charge in [-0.05, 0) is 64.5 Å². The largest absolute Gasteiger partial charge is 0.454 e. The number of carbonyl (C=O) groups is 1. The van der Waals surface area contributed by atoms with Gasteiger partial charge < -0.3 is 18.9 Å². The number of ether oxygens (including phenoxy) is 2. The fourth-order valence-corrected chi connectivity index (χ4v) is 3.66. The van der Waals surface area contributed by atoms with Crippen LogP contribution in [0.25, 0.3) is 22.8 Å². The van der Waals surface area contributed by atoms with E-state index < -0.39 is 0 Å². The van der Waals surface area contributed by atoms with E-state index in [0.29, 0.717) is 34.3 Å². The summed E-state index contributed by atoms with van der Waals surface area (Å²) in [5, 5.41) is 4.09. The lowest BCUT2D eigenvalue weighted by Gasteiger charge is -2.17. The lowest BCUT2D eigenvalue weighted by molar-refractivity contribution is 0.0993. The zero-order valence-electron chi connectivity index (χ0n) is 16.3. The SMILES string of the molecule is CN(C(=O)c1ccncc1)c1ccc(-c2noc(-c3cc4c(cc3Br)OCO4)n2)cc1. The summed E-state index contributed by atoms with van der Waals surface area (Å²) in [5.74, 6) is 1.97. The number of benzene rings is 2. The number of hydrogen-bond acceptors (Lipinski definition) is 7. The van der Waals surface area contributed by atoms with Crippen LogP contribution in [0.2, 0.25) is 0 Å². The van der Waals surface area contributed by atoms with Gasteiger partial charge in [-0.25, -0.2) is 0 Å². The van der Waals surface area contributed by atoms with Crippen molar-refractivity contribution in [3.05, 3.63) is 71.0 Å². The first-order chi connectivity index (χ1) is 15.1. The van der Waals surface area contributed by atoms with E-state index in [1.165, 1.54) is 0 Å². The molecule has 0 radical (unpaired) electrons. The van der Waals surface area contributed by atoms with Crippen molar-refractivity contribution in [2.75, 3.05) is 18.7 Å². The molecule has 0 spiro atoms. The molecule has 5 rings (SSSR count). The molecule has 8 nitrogen and oxygen atoms in total.